The van der Waals surface area contributed by atoms with Gasteiger partial charge in [-0.15, -0.1) is 0 Å². The molecule has 0 spiro atoms. The van der Waals surface area contributed by atoms with Gasteiger partial charge in [0.05, 0.1) is 26.0 Å². The first-order valence-corrected chi connectivity index (χ1v) is 10.2. The lowest BCUT2D eigenvalue weighted by Crippen LogP contribution is -2.41. The lowest BCUT2D eigenvalue weighted by molar-refractivity contribution is 0.0618. The molecule has 0 unspecified atom stereocenters. The third kappa shape index (κ3) is 3.95. The Hall–Kier alpha value is -3.48. The Kier molecular flexibility index (Phi) is 5.35. The highest BCUT2D eigenvalue weighted by Gasteiger charge is 2.35. The number of aromatic amines is 1. The second kappa shape index (κ2) is 7.98. The van der Waals surface area contributed by atoms with E-state index in [0.717, 1.165) is 22.4 Å². The summed E-state index contributed by atoms with van der Waals surface area (Å²) in [7, 11) is 3.21. The number of H-pyrrole nitrogens is 1. The van der Waals surface area contributed by atoms with Crippen LogP contribution in [0.4, 0.5) is 0 Å². The number of benzene rings is 2. The molecule has 2 N–H and O–H groups in total. The van der Waals surface area contributed by atoms with Crippen LogP contribution < -0.4 is 19.5 Å². The number of para-hydroxylation sites is 1. The number of carbonyl (C=O) groups excluding carboxylic acids is 1. The van der Waals surface area contributed by atoms with Crippen molar-refractivity contribution in [1.29, 1.82) is 0 Å². The molecule has 162 valence electrons. The molecular weight excluding hydrogens is 394 g/mol. The van der Waals surface area contributed by atoms with Crippen molar-refractivity contribution in [2.75, 3.05) is 14.2 Å². The molecule has 0 fully saturated rings. The first-order valence-electron chi connectivity index (χ1n) is 10.2. The fourth-order valence-corrected chi connectivity index (χ4v) is 4.04. The minimum Gasteiger partial charge on any atom is -0.497 e. The number of amides is 1. The van der Waals surface area contributed by atoms with E-state index in [0.29, 0.717) is 29.3 Å². The van der Waals surface area contributed by atoms with Crippen molar-refractivity contribution in [3.05, 3.63) is 59.3 Å². The summed E-state index contributed by atoms with van der Waals surface area (Å²) in [5.41, 5.74) is 3.15. The Balaban J connectivity index is 1.64. The summed E-state index contributed by atoms with van der Waals surface area (Å²) in [6, 6.07) is 13.1. The van der Waals surface area contributed by atoms with Gasteiger partial charge in [-0.05, 0) is 45.0 Å². The monoisotopic (exact) mass is 421 g/mol. The van der Waals surface area contributed by atoms with Crippen molar-refractivity contribution in [1.82, 2.24) is 15.5 Å². The van der Waals surface area contributed by atoms with Gasteiger partial charge in [-0.2, -0.15) is 5.10 Å². The lowest BCUT2D eigenvalue weighted by atomic mass is 9.89. The summed E-state index contributed by atoms with van der Waals surface area (Å²) >= 11 is 0. The van der Waals surface area contributed by atoms with Crippen molar-refractivity contribution >= 4 is 5.91 Å². The van der Waals surface area contributed by atoms with Crippen molar-refractivity contribution in [3.8, 4) is 28.5 Å². The van der Waals surface area contributed by atoms with E-state index in [1.165, 1.54) is 0 Å². The number of carbonyl (C=O) groups is 1. The molecule has 7 heteroatoms. The molecule has 2 heterocycles. The van der Waals surface area contributed by atoms with Crippen LogP contribution >= 0.6 is 0 Å². The van der Waals surface area contributed by atoms with E-state index in [1.807, 2.05) is 63.2 Å². The van der Waals surface area contributed by atoms with Crippen LogP contribution in [-0.2, 0) is 0 Å². The molecule has 7 nitrogen and oxygen atoms in total. The molecule has 0 bridgehead atoms. The first kappa shape index (κ1) is 20.8. The van der Waals surface area contributed by atoms with Gasteiger partial charge in [0.25, 0.3) is 5.91 Å². The second-order valence-electron chi connectivity index (χ2n) is 8.27. The molecule has 1 aromatic heterocycles. The molecule has 1 aliphatic heterocycles. The number of rotatable bonds is 5. The highest BCUT2D eigenvalue weighted by molar-refractivity contribution is 5.96. The van der Waals surface area contributed by atoms with Crippen LogP contribution in [0, 0.1) is 6.92 Å². The maximum Gasteiger partial charge on any atom is 0.270 e. The summed E-state index contributed by atoms with van der Waals surface area (Å²) in [6.45, 7) is 5.92. The van der Waals surface area contributed by atoms with Crippen LogP contribution in [-0.4, -0.2) is 35.9 Å². The zero-order valence-electron chi connectivity index (χ0n) is 18.4. The SMILES string of the molecule is COc1ccc(OC)c(-c2n[nH]c(C(=O)N[C@H]3CC(C)(C)Oc4ccccc43)c2C)c1. The Morgan fingerprint density at radius 3 is 2.71 bits per heavy atom. The molecular formula is C24H27N3O4. The smallest absolute Gasteiger partial charge is 0.270 e. The van der Waals surface area contributed by atoms with Gasteiger partial charge in [0.2, 0.25) is 0 Å². The van der Waals surface area contributed by atoms with E-state index in [4.69, 9.17) is 14.2 Å². The Morgan fingerprint density at radius 1 is 1.19 bits per heavy atom. The molecule has 1 atom stereocenters. The van der Waals surface area contributed by atoms with Gasteiger partial charge in [0.1, 0.15) is 28.5 Å². The summed E-state index contributed by atoms with van der Waals surface area (Å²) in [5.74, 6) is 1.93. The van der Waals surface area contributed by atoms with Crippen LogP contribution in [0.1, 0.15) is 47.9 Å². The minimum absolute atomic E-state index is 0.162. The fraction of sp³-hybridized carbons (Fsp3) is 0.333. The Bertz CT molecular complexity index is 1120. The van der Waals surface area contributed by atoms with Crippen molar-refractivity contribution in [2.24, 2.45) is 0 Å². The van der Waals surface area contributed by atoms with Crippen molar-refractivity contribution < 1.29 is 19.0 Å². The van der Waals surface area contributed by atoms with E-state index >= 15 is 0 Å². The summed E-state index contributed by atoms with van der Waals surface area (Å²) in [5, 5.41) is 10.5. The summed E-state index contributed by atoms with van der Waals surface area (Å²) in [6.07, 6.45) is 0.666. The minimum atomic E-state index is -0.381. The average Bonchev–Trinajstić information content (AvgIpc) is 3.13. The number of methoxy groups -OCH3 is 2. The number of nitrogens with one attached hydrogen (secondary N) is 2. The van der Waals surface area contributed by atoms with E-state index in [9.17, 15) is 4.79 Å². The number of fused-ring (bicyclic) bond motifs is 1. The average molecular weight is 421 g/mol. The first-order chi connectivity index (χ1) is 14.8. The van der Waals surface area contributed by atoms with Gasteiger partial charge in [-0.25, -0.2) is 0 Å². The Labute approximate surface area is 181 Å². The van der Waals surface area contributed by atoms with Crippen molar-refractivity contribution in [2.45, 2.75) is 38.8 Å². The van der Waals surface area contributed by atoms with Gasteiger partial charge in [0, 0.05) is 23.1 Å². The lowest BCUT2D eigenvalue weighted by Gasteiger charge is -2.37. The largest absolute Gasteiger partial charge is 0.497 e. The third-order valence-corrected chi connectivity index (χ3v) is 5.58. The number of nitrogens with zero attached hydrogens (tertiary/aromatic N) is 1. The van der Waals surface area contributed by atoms with Crippen LogP contribution in [0.5, 0.6) is 17.2 Å². The number of aromatic nitrogens is 2. The van der Waals surface area contributed by atoms with Gasteiger partial charge in [-0.3, -0.25) is 9.89 Å². The van der Waals surface area contributed by atoms with E-state index in [1.54, 1.807) is 14.2 Å². The van der Waals surface area contributed by atoms with Gasteiger partial charge >= 0.3 is 0 Å². The highest BCUT2D eigenvalue weighted by Crippen LogP contribution is 2.40. The zero-order chi connectivity index (χ0) is 22.2. The fourth-order valence-electron chi connectivity index (χ4n) is 4.04. The molecule has 0 radical (unpaired) electrons. The quantitative estimate of drug-likeness (QED) is 0.636. The molecule has 4 rings (SSSR count). The van der Waals surface area contributed by atoms with E-state index in [-0.39, 0.29) is 17.6 Å². The predicted octanol–water partition coefficient (Wildman–Crippen LogP) is 4.43. The number of hydrogen-bond acceptors (Lipinski definition) is 5. The molecule has 1 amide bonds. The predicted molar refractivity (Wildman–Crippen MR) is 118 cm³/mol. The molecule has 0 aliphatic carbocycles. The maximum atomic E-state index is 13.2. The maximum absolute atomic E-state index is 13.2. The van der Waals surface area contributed by atoms with Gasteiger partial charge in [-0.1, -0.05) is 18.2 Å². The van der Waals surface area contributed by atoms with E-state index in [2.05, 4.69) is 15.5 Å². The Morgan fingerprint density at radius 2 is 1.97 bits per heavy atom. The molecule has 3 aromatic rings. The molecule has 0 saturated carbocycles. The van der Waals surface area contributed by atoms with Gasteiger partial charge < -0.3 is 19.5 Å². The summed E-state index contributed by atoms with van der Waals surface area (Å²) in [4.78, 5) is 13.2. The van der Waals surface area contributed by atoms with Crippen LogP contribution in [0.2, 0.25) is 0 Å². The third-order valence-electron chi connectivity index (χ3n) is 5.58. The normalized spacial score (nSPS) is 16.7. The molecule has 2 aromatic carbocycles. The summed E-state index contributed by atoms with van der Waals surface area (Å²) < 4.78 is 16.9. The van der Waals surface area contributed by atoms with Crippen molar-refractivity contribution in [3.63, 3.8) is 0 Å². The molecule has 1 aliphatic rings. The van der Waals surface area contributed by atoms with Crippen LogP contribution in [0.25, 0.3) is 11.3 Å². The van der Waals surface area contributed by atoms with Gasteiger partial charge in [0.15, 0.2) is 0 Å². The number of ether oxygens (including phenoxy) is 3. The van der Waals surface area contributed by atoms with E-state index < -0.39 is 0 Å². The standard InChI is InChI=1S/C24H27N3O4/c1-14-21(17-12-15(29-4)10-11-19(17)30-5)26-27-22(14)23(28)25-18-13-24(2,3)31-20-9-7-6-8-16(18)20/h6-12,18H,13H2,1-5H3,(H,25,28)(H,26,27)/t18-/m0/s1. The molecule has 31 heavy (non-hydrogen) atoms. The van der Waals surface area contributed by atoms with Crippen LogP contribution in [0.3, 0.4) is 0 Å². The zero-order valence-corrected chi connectivity index (χ0v) is 18.4. The number of hydrogen-bond donors (Lipinski definition) is 2. The van der Waals surface area contributed by atoms with Crippen LogP contribution in [0.15, 0.2) is 42.5 Å². The topological polar surface area (TPSA) is 85.5 Å². The highest BCUT2D eigenvalue weighted by atomic mass is 16.5. The molecule has 0 saturated heterocycles. The second-order valence-corrected chi connectivity index (χ2v) is 8.27.